The normalized spacial score (nSPS) is 13.9. The quantitative estimate of drug-likeness (QED) is 0.856. The summed E-state index contributed by atoms with van der Waals surface area (Å²) in [7, 11) is 0. The van der Waals surface area contributed by atoms with Gasteiger partial charge < -0.3 is 10.6 Å². The number of nitrogens with one attached hydrogen (secondary N) is 2. The second-order valence-electron chi connectivity index (χ2n) is 5.43. The molecular weight excluding hydrogens is 262 g/mol. The first-order chi connectivity index (χ1) is 10.3. The SMILES string of the molecule is O=C(Nc1cccc(CNCc2cccnc2)c1)C1CC1. The molecule has 1 aromatic heterocycles. The minimum absolute atomic E-state index is 0.149. The molecule has 0 radical (unpaired) electrons. The van der Waals surface area contributed by atoms with Crippen LogP contribution in [0.4, 0.5) is 5.69 Å². The molecular formula is C17H19N3O. The minimum Gasteiger partial charge on any atom is -0.326 e. The predicted molar refractivity (Wildman–Crippen MR) is 82.6 cm³/mol. The smallest absolute Gasteiger partial charge is 0.227 e. The Labute approximate surface area is 124 Å². The topological polar surface area (TPSA) is 54.0 Å². The molecule has 108 valence electrons. The molecule has 4 nitrogen and oxygen atoms in total. The van der Waals surface area contributed by atoms with Crippen LogP contribution in [0.25, 0.3) is 0 Å². The van der Waals surface area contributed by atoms with E-state index in [2.05, 4.69) is 21.7 Å². The highest BCUT2D eigenvalue weighted by Gasteiger charge is 2.29. The van der Waals surface area contributed by atoms with E-state index in [1.54, 1.807) is 6.20 Å². The van der Waals surface area contributed by atoms with Crippen molar-refractivity contribution in [2.75, 3.05) is 5.32 Å². The highest BCUT2D eigenvalue weighted by Crippen LogP contribution is 2.30. The molecule has 2 aromatic rings. The van der Waals surface area contributed by atoms with E-state index < -0.39 is 0 Å². The van der Waals surface area contributed by atoms with E-state index in [0.717, 1.165) is 42.7 Å². The van der Waals surface area contributed by atoms with E-state index in [1.807, 2.05) is 36.5 Å². The number of rotatable bonds is 6. The van der Waals surface area contributed by atoms with Crippen molar-refractivity contribution in [3.8, 4) is 0 Å². The average Bonchev–Trinajstić information content (AvgIpc) is 3.33. The third-order valence-corrected chi connectivity index (χ3v) is 3.52. The number of carbonyl (C=O) groups excluding carboxylic acids is 1. The Hall–Kier alpha value is -2.20. The average molecular weight is 281 g/mol. The number of pyridine rings is 1. The molecule has 0 bridgehead atoms. The van der Waals surface area contributed by atoms with Gasteiger partial charge >= 0.3 is 0 Å². The number of amides is 1. The maximum absolute atomic E-state index is 11.8. The van der Waals surface area contributed by atoms with Gasteiger partial charge in [-0.05, 0) is 42.2 Å². The van der Waals surface area contributed by atoms with E-state index in [0.29, 0.717) is 0 Å². The molecule has 0 atom stereocenters. The maximum Gasteiger partial charge on any atom is 0.227 e. The molecule has 3 rings (SSSR count). The summed E-state index contributed by atoms with van der Waals surface area (Å²) < 4.78 is 0. The monoisotopic (exact) mass is 281 g/mol. The summed E-state index contributed by atoms with van der Waals surface area (Å²) in [5, 5.41) is 6.36. The Bertz CT molecular complexity index is 608. The van der Waals surface area contributed by atoms with Crippen LogP contribution < -0.4 is 10.6 Å². The van der Waals surface area contributed by atoms with Crippen LogP contribution in [0.2, 0.25) is 0 Å². The lowest BCUT2D eigenvalue weighted by atomic mass is 10.2. The number of carbonyl (C=O) groups is 1. The molecule has 0 saturated heterocycles. The molecule has 1 aliphatic rings. The fourth-order valence-electron chi connectivity index (χ4n) is 2.20. The molecule has 1 aromatic carbocycles. The zero-order valence-corrected chi connectivity index (χ0v) is 11.9. The van der Waals surface area contributed by atoms with Crippen molar-refractivity contribution < 1.29 is 4.79 Å². The van der Waals surface area contributed by atoms with E-state index in [1.165, 1.54) is 0 Å². The van der Waals surface area contributed by atoms with Crippen LogP contribution in [-0.2, 0) is 17.9 Å². The maximum atomic E-state index is 11.8. The molecule has 0 aliphatic heterocycles. The van der Waals surface area contributed by atoms with Crippen molar-refractivity contribution in [3.63, 3.8) is 0 Å². The van der Waals surface area contributed by atoms with Crippen LogP contribution >= 0.6 is 0 Å². The Morgan fingerprint density at radius 3 is 2.71 bits per heavy atom. The van der Waals surface area contributed by atoms with Crippen LogP contribution in [0.5, 0.6) is 0 Å². The van der Waals surface area contributed by atoms with Gasteiger partial charge in [0.2, 0.25) is 5.91 Å². The van der Waals surface area contributed by atoms with Crippen molar-refractivity contribution in [1.29, 1.82) is 0 Å². The molecule has 2 N–H and O–H groups in total. The third kappa shape index (κ3) is 4.13. The van der Waals surface area contributed by atoms with Crippen LogP contribution in [0.15, 0.2) is 48.8 Å². The Kier molecular flexibility index (Phi) is 4.26. The van der Waals surface area contributed by atoms with Gasteiger partial charge in [0.1, 0.15) is 0 Å². The second-order valence-corrected chi connectivity index (χ2v) is 5.43. The van der Waals surface area contributed by atoms with Crippen LogP contribution in [0.1, 0.15) is 24.0 Å². The van der Waals surface area contributed by atoms with E-state index in [-0.39, 0.29) is 11.8 Å². The molecule has 21 heavy (non-hydrogen) atoms. The molecule has 1 aliphatic carbocycles. The summed E-state index contributed by atoms with van der Waals surface area (Å²) >= 11 is 0. The van der Waals surface area contributed by atoms with Crippen molar-refractivity contribution in [2.24, 2.45) is 5.92 Å². The Morgan fingerprint density at radius 2 is 1.95 bits per heavy atom. The lowest BCUT2D eigenvalue weighted by Crippen LogP contribution is -2.15. The summed E-state index contributed by atoms with van der Waals surface area (Å²) in [6.45, 7) is 1.55. The highest BCUT2D eigenvalue weighted by atomic mass is 16.2. The summed E-state index contributed by atoms with van der Waals surface area (Å²) in [6.07, 6.45) is 5.69. The van der Waals surface area contributed by atoms with E-state index in [4.69, 9.17) is 0 Å². The first kappa shape index (κ1) is 13.8. The van der Waals surface area contributed by atoms with Crippen molar-refractivity contribution >= 4 is 11.6 Å². The van der Waals surface area contributed by atoms with Crippen LogP contribution in [0, 0.1) is 5.92 Å². The summed E-state index contributed by atoms with van der Waals surface area (Å²) in [6, 6.07) is 12.0. The van der Waals surface area contributed by atoms with Gasteiger partial charge in [-0.2, -0.15) is 0 Å². The van der Waals surface area contributed by atoms with Crippen molar-refractivity contribution in [1.82, 2.24) is 10.3 Å². The summed E-state index contributed by atoms with van der Waals surface area (Å²) in [5.74, 6) is 0.382. The van der Waals surface area contributed by atoms with Gasteiger partial charge in [0.15, 0.2) is 0 Å². The number of benzene rings is 1. The number of hydrogen-bond acceptors (Lipinski definition) is 3. The Balaban J connectivity index is 1.52. The molecule has 1 fully saturated rings. The second kappa shape index (κ2) is 6.50. The molecule has 0 unspecified atom stereocenters. The van der Waals surface area contributed by atoms with Crippen LogP contribution in [-0.4, -0.2) is 10.9 Å². The van der Waals surface area contributed by atoms with Gasteiger partial charge in [-0.15, -0.1) is 0 Å². The van der Waals surface area contributed by atoms with Crippen molar-refractivity contribution in [3.05, 3.63) is 59.9 Å². The number of hydrogen-bond donors (Lipinski definition) is 2. The third-order valence-electron chi connectivity index (χ3n) is 3.52. The fraction of sp³-hybridized carbons (Fsp3) is 0.294. The van der Waals surface area contributed by atoms with Gasteiger partial charge in [0, 0.05) is 37.1 Å². The first-order valence-electron chi connectivity index (χ1n) is 7.31. The number of nitrogens with zero attached hydrogens (tertiary/aromatic N) is 1. The minimum atomic E-state index is 0.149. The molecule has 1 amide bonds. The fourth-order valence-corrected chi connectivity index (χ4v) is 2.20. The predicted octanol–water partition coefficient (Wildman–Crippen LogP) is 2.72. The van der Waals surface area contributed by atoms with Gasteiger partial charge in [-0.25, -0.2) is 0 Å². The van der Waals surface area contributed by atoms with Gasteiger partial charge in [0.25, 0.3) is 0 Å². The molecule has 0 spiro atoms. The first-order valence-corrected chi connectivity index (χ1v) is 7.31. The van der Waals surface area contributed by atoms with Gasteiger partial charge in [0.05, 0.1) is 0 Å². The Morgan fingerprint density at radius 1 is 1.14 bits per heavy atom. The van der Waals surface area contributed by atoms with E-state index in [9.17, 15) is 4.79 Å². The lowest BCUT2D eigenvalue weighted by Gasteiger charge is -2.08. The number of aromatic nitrogens is 1. The molecule has 1 saturated carbocycles. The standard InChI is InChI=1S/C17H19N3O/c21-17(15-6-7-15)20-16-5-1-3-13(9-16)10-19-12-14-4-2-8-18-11-14/h1-5,8-9,11,15,19H,6-7,10,12H2,(H,20,21). The van der Waals surface area contributed by atoms with Gasteiger partial charge in [-0.1, -0.05) is 18.2 Å². The summed E-state index contributed by atoms with van der Waals surface area (Å²) in [4.78, 5) is 15.8. The van der Waals surface area contributed by atoms with Gasteiger partial charge in [-0.3, -0.25) is 9.78 Å². The molecule has 1 heterocycles. The van der Waals surface area contributed by atoms with E-state index >= 15 is 0 Å². The van der Waals surface area contributed by atoms with Crippen LogP contribution in [0.3, 0.4) is 0 Å². The van der Waals surface area contributed by atoms with Crippen molar-refractivity contribution in [2.45, 2.75) is 25.9 Å². The zero-order chi connectivity index (χ0) is 14.5. The highest BCUT2D eigenvalue weighted by molar-refractivity contribution is 5.94. The largest absolute Gasteiger partial charge is 0.326 e. The lowest BCUT2D eigenvalue weighted by molar-refractivity contribution is -0.117. The zero-order valence-electron chi connectivity index (χ0n) is 11.9. The summed E-state index contributed by atoms with van der Waals surface area (Å²) in [5.41, 5.74) is 3.20. The number of anilines is 1. The molecule has 4 heteroatoms.